The van der Waals surface area contributed by atoms with E-state index in [-0.39, 0.29) is 0 Å². The van der Waals surface area contributed by atoms with Crippen LogP contribution in [0.5, 0.6) is 0 Å². The van der Waals surface area contributed by atoms with Crippen LogP contribution in [-0.4, -0.2) is 14.5 Å². The monoisotopic (exact) mass is 905 g/mol. The maximum absolute atomic E-state index is 5.76. The molecule has 0 saturated heterocycles. The summed E-state index contributed by atoms with van der Waals surface area (Å²) in [6.07, 6.45) is 0. The lowest BCUT2D eigenvalue weighted by Gasteiger charge is -2.26. The number of benzene rings is 12. The van der Waals surface area contributed by atoms with Gasteiger partial charge in [-0.25, -0.2) is 9.97 Å². The molecular weight excluding hydrogens is 863 g/mol. The molecule has 0 saturated carbocycles. The minimum Gasteiger partial charge on any atom is -0.311 e. The fraction of sp³-hybridized carbons (Fsp3) is 0. The predicted octanol–water partition coefficient (Wildman–Crippen LogP) is 17.9. The molecule has 0 spiro atoms. The van der Waals surface area contributed by atoms with E-state index in [2.05, 4.69) is 275 Å². The van der Waals surface area contributed by atoms with Gasteiger partial charge in [-0.05, 0) is 142 Å². The standard InChI is InChI=1S/C66H43N5/c1-5-19-48(20-6-1)69(49-21-7-2-8-22-49)52-32-34-53(35-33-52)71-61-40-39-60-66(63(61)58-37-31-47(42-62(58)71)46-30-29-44-17-13-14-18-45(44)41-46)68-65-57-38-36-54(43-59(57)55-27-15-16-28-56(55)64(65)67-60)70(50-23-9-3-10-24-50)51-25-11-4-12-26-51/h1-43H. The van der Waals surface area contributed by atoms with E-state index in [4.69, 9.17) is 9.97 Å². The van der Waals surface area contributed by atoms with Crippen molar-refractivity contribution in [1.29, 1.82) is 0 Å². The molecule has 0 fully saturated rings. The third-order valence-electron chi connectivity index (χ3n) is 14.1. The van der Waals surface area contributed by atoms with Gasteiger partial charge in [0.1, 0.15) is 0 Å². The lowest BCUT2D eigenvalue weighted by molar-refractivity contribution is 1.17. The molecule has 5 nitrogen and oxygen atoms in total. The van der Waals surface area contributed by atoms with Crippen LogP contribution in [0.15, 0.2) is 261 Å². The van der Waals surface area contributed by atoms with Gasteiger partial charge in [0.05, 0.1) is 33.1 Å². The van der Waals surface area contributed by atoms with Gasteiger partial charge >= 0.3 is 0 Å². The van der Waals surface area contributed by atoms with Crippen LogP contribution in [0.4, 0.5) is 34.1 Å². The fourth-order valence-corrected chi connectivity index (χ4v) is 10.8. The van der Waals surface area contributed by atoms with Crippen LogP contribution in [0.25, 0.3) is 93.0 Å². The van der Waals surface area contributed by atoms with Gasteiger partial charge in [0, 0.05) is 61.4 Å². The van der Waals surface area contributed by atoms with E-state index in [1.54, 1.807) is 0 Å². The molecule has 0 amide bonds. The van der Waals surface area contributed by atoms with Gasteiger partial charge in [0.15, 0.2) is 0 Å². The van der Waals surface area contributed by atoms with Gasteiger partial charge in [-0.1, -0.05) is 152 Å². The molecular formula is C66H43N5. The van der Waals surface area contributed by atoms with Crippen LogP contribution in [0.2, 0.25) is 0 Å². The summed E-state index contributed by atoms with van der Waals surface area (Å²) in [6.45, 7) is 0. The van der Waals surface area contributed by atoms with Gasteiger partial charge in [-0.3, -0.25) is 0 Å². The zero-order valence-corrected chi connectivity index (χ0v) is 38.6. The largest absolute Gasteiger partial charge is 0.311 e. The first-order valence-corrected chi connectivity index (χ1v) is 24.2. The SMILES string of the molecule is c1ccc(N(c2ccccc2)c2ccc(-n3c4cc(-c5ccc6ccccc6c5)ccc4c4c5nc6c7ccc(N(c8ccccc8)c8ccccc8)cc7c7ccccc7c6nc5ccc43)cc2)cc1. The van der Waals surface area contributed by atoms with Gasteiger partial charge in [-0.2, -0.15) is 0 Å². The number of fused-ring (bicyclic) bond motifs is 12. The van der Waals surface area contributed by atoms with E-state index in [1.807, 2.05) is 0 Å². The average molecular weight is 906 g/mol. The Hall–Kier alpha value is -9.58. The predicted molar refractivity (Wildman–Crippen MR) is 299 cm³/mol. The molecule has 0 bridgehead atoms. The van der Waals surface area contributed by atoms with Crippen LogP contribution in [0, 0.1) is 0 Å². The van der Waals surface area contributed by atoms with Gasteiger partial charge < -0.3 is 14.4 Å². The Labute approximate surface area is 410 Å². The van der Waals surface area contributed by atoms with Crippen molar-refractivity contribution in [2.24, 2.45) is 0 Å². The normalized spacial score (nSPS) is 11.7. The topological polar surface area (TPSA) is 37.2 Å². The van der Waals surface area contributed by atoms with Crippen molar-refractivity contribution >= 4 is 110 Å². The van der Waals surface area contributed by atoms with E-state index >= 15 is 0 Å². The van der Waals surface area contributed by atoms with Gasteiger partial charge in [-0.15, -0.1) is 0 Å². The molecule has 2 aromatic heterocycles. The highest BCUT2D eigenvalue weighted by Gasteiger charge is 2.22. The van der Waals surface area contributed by atoms with E-state index in [1.165, 1.54) is 16.3 Å². The summed E-state index contributed by atoms with van der Waals surface area (Å²) in [5, 5.41) is 9.06. The number of anilines is 6. The van der Waals surface area contributed by atoms with Crippen LogP contribution in [0.3, 0.4) is 0 Å². The van der Waals surface area contributed by atoms with Crippen molar-refractivity contribution in [3.05, 3.63) is 261 Å². The number of para-hydroxylation sites is 4. The Morgan fingerprint density at radius 2 is 0.775 bits per heavy atom. The molecule has 14 aromatic rings. The molecule has 0 atom stereocenters. The number of hydrogen-bond acceptors (Lipinski definition) is 4. The first kappa shape index (κ1) is 40.5. The lowest BCUT2D eigenvalue weighted by atomic mass is 9.98. The smallest absolute Gasteiger partial charge is 0.0995 e. The molecule has 0 N–H and O–H groups in total. The molecule has 5 heteroatoms. The van der Waals surface area contributed by atoms with Crippen LogP contribution in [0.1, 0.15) is 0 Å². The van der Waals surface area contributed by atoms with Crippen LogP contribution < -0.4 is 9.80 Å². The van der Waals surface area contributed by atoms with Gasteiger partial charge in [0.2, 0.25) is 0 Å². The summed E-state index contributed by atoms with van der Waals surface area (Å²) >= 11 is 0. The molecule has 2 heterocycles. The van der Waals surface area contributed by atoms with Gasteiger partial charge in [0.25, 0.3) is 0 Å². The second-order valence-corrected chi connectivity index (χ2v) is 18.2. The van der Waals surface area contributed by atoms with Crippen molar-refractivity contribution in [3.8, 4) is 16.8 Å². The van der Waals surface area contributed by atoms with Crippen LogP contribution in [-0.2, 0) is 0 Å². The maximum atomic E-state index is 5.76. The molecule has 0 aliphatic carbocycles. The second kappa shape index (κ2) is 16.6. The molecule has 0 unspecified atom stereocenters. The number of aromatic nitrogens is 3. The average Bonchev–Trinajstić information content (AvgIpc) is 3.78. The summed E-state index contributed by atoms with van der Waals surface area (Å²) in [6, 6.07) is 93.3. The first-order valence-electron chi connectivity index (χ1n) is 24.2. The summed E-state index contributed by atoms with van der Waals surface area (Å²) in [5.41, 5.74) is 15.6. The van der Waals surface area contributed by atoms with E-state index in [0.717, 1.165) is 111 Å². The summed E-state index contributed by atoms with van der Waals surface area (Å²) < 4.78 is 2.41. The maximum Gasteiger partial charge on any atom is 0.0995 e. The van der Waals surface area contributed by atoms with Crippen molar-refractivity contribution in [3.63, 3.8) is 0 Å². The molecule has 0 radical (unpaired) electrons. The molecule has 0 aliphatic heterocycles. The van der Waals surface area contributed by atoms with E-state index in [9.17, 15) is 0 Å². The highest BCUT2D eigenvalue weighted by atomic mass is 15.1. The Kier molecular flexibility index (Phi) is 9.46. The summed E-state index contributed by atoms with van der Waals surface area (Å²) in [5.74, 6) is 0. The highest BCUT2D eigenvalue weighted by Crippen LogP contribution is 2.44. The Balaban J connectivity index is 1.00. The second-order valence-electron chi connectivity index (χ2n) is 18.2. The van der Waals surface area contributed by atoms with E-state index in [0.29, 0.717) is 0 Å². The Bertz CT molecular complexity index is 4250. The van der Waals surface area contributed by atoms with Crippen molar-refractivity contribution in [2.45, 2.75) is 0 Å². The Morgan fingerprint density at radius 3 is 1.44 bits per heavy atom. The minimum absolute atomic E-state index is 0.861. The van der Waals surface area contributed by atoms with Crippen molar-refractivity contribution < 1.29 is 0 Å². The number of rotatable bonds is 8. The number of nitrogens with zero attached hydrogens (tertiary/aromatic N) is 5. The molecule has 14 rings (SSSR count). The summed E-state index contributed by atoms with van der Waals surface area (Å²) in [7, 11) is 0. The molecule has 71 heavy (non-hydrogen) atoms. The molecule has 0 aliphatic rings. The zero-order chi connectivity index (χ0) is 46.8. The first-order chi connectivity index (χ1) is 35.2. The molecule has 332 valence electrons. The van der Waals surface area contributed by atoms with Crippen molar-refractivity contribution in [2.75, 3.05) is 9.80 Å². The van der Waals surface area contributed by atoms with Crippen LogP contribution >= 0.6 is 0 Å². The fourth-order valence-electron chi connectivity index (χ4n) is 10.8. The van der Waals surface area contributed by atoms with E-state index < -0.39 is 0 Å². The number of hydrogen-bond donors (Lipinski definition) is 0. The molecule has 12 aromatic carbocycles. The lowest BCUT2D eigenvalue weighted by Crippen LogP contribution is -2.09. The zero-order valence-electron chi connectivity index (χ0n) is 38.6. The quantitative estimate of drug-likeness (QED) is 0.112. The highest BCUT2D eigenvalue weighted by molar-refractivity contribution is 6.27. The Morgan fingerprint density at radius 1 is 0.282 bits per heavy atom. The third kappa shape index (κ3) is 6.78. The van der Waals surface area contributed by atoms with Crippen molar-refractivity contribution in [1.82, 2.24) is 14.5 Å². The minimum atomic E-state index is 0.861. The third-order valence-corrected chi connectivity index (χ3v) is 14.1. The summed E-state index contributed by atoms with van der Waals surface area (Å²) in [4.78, 5) is 15.9.